The quantitative estimate of drug-likeness (QED) is 0.790. The van der Waals surface area contributed by atoms with Crippen LogP contribution in [0.4, 0.5) is 10.2 Å². The van der Waals surface area contributed by atoms with Crippen molar-refractivity contribution in [2.75, 3.05) is 11.9 Å². The number of rotatable bonds is 4. The van der Waals surface area contributed by atoms with Gasteiger partial charge in [-0.3, -0.25) is 0 Å². The van der Waals surface area contributed by atoms with Gasteiger partial charge >= 0.3 is 0 Å². The van der Waals surface area contributed by atoms with Crippen LogP contribution in [0, 0.1) is 12.7 Å². The number of aromatic nitrogens is 3. The number of benzene rings is 1. The van der Waals surface area contributed by atoms with Crippen molar-refractivity contribution in [3.8, 4) is 11.5 Å². The fraction of sp³-hybridized carbons (Fsp3) is 0.267. The summed E-state index contributed by atoms with van der Waals surface area (Å²) in [5, 5.41) is 6.84. The molecule has 0 saturated carbocycles. The summed E-state index contributed by atoms with van der Waals surface area (Å²) in [6.45, 7) is 4.79. The number of nitrogens with zero attached hydrogens (tertiary/aromatic N) is 3. The number of halogens is 1. The SMILES string of the molecule is CCCNc1nc(-c2csc(C)n2)nc2ccc(F)cc12. The number of aryl methyl sites for hydroxylation is 1. The van der Waals surface area contributed by atoms with Crippen molar-refractivity contribution in [1.82, 2.24) is 15.0 Å². The van der Waals surface area contributed by atoms with Crippen LogP contribution in [0.25, 0.3) is 22.4 Å². The zero-order chi connectivity index (χ0) is 14.8. The zero-order valence-electron chi connectivity index (χ0n) is 11.9. The van der Waals surface area contributed by atoms with Crippen LogP contribution in [0.15, 0.2) is 23.6 Å². The monoisotopic (exact) mass is 302 g/mol. The Hall–Kier alpha value is -2.08. The molecule has 21 heavy (non-hydrogen) atoms. The first-order valence-corrected chi connectivity index (χ1v) is 7.69. The van der Waals surface area contributed by atoms with Crippen LogP contribution in [0.2, 0.25) is 0 Å². The Morgan fingerprint density at radius 2 is 2.10 bits per heavy atom. The van der Waals surface area contributed by atoms with E-state index in [0.29, 0.717) is 22.5 Å². The lowest BCUT2D eigenvalue weighted by atomic mass is 10.2. The lowest BCUT2D eigenvalue weighted by molar-refractivity contribution is 0.629. The molecule has 0 aliphatic carbocycles. The average Bonchev–Trinajstić information content (AvgIpc) is 2.91. The Labute approximate surface area is 126 Å². The summed E-state index contributed by atoms with van der Waals surface area (Å²) < 4.78 is 13.5. The molecule has 0 aliphatic rings. The highest BCUT2D eigenvalue weighted by molar-refractivity contribution is 7.09. The summed E-state index contributed by atoms with van der Waals surface area (Å²) in [5.41, 5.74) is 1.47. The molecule has 108 valence electrons. The smallest absolute Gasteiger partial charge is 0.181 e. The summed E-state index contributed by atoms with van der Waals surface area (Å²) in [7, 11) is 0. The van der Waals surface area contributed by atoms with E-state index in [2.05, 4.69) is 27.2 Å². The highest BCUT2D eigenvalue weighted by Gasteiger charge is 2.12. The molecule has 4 nitrogen and oxygen atoms in total. The summed E-state index contributed by atoms with van der Waals surface area (Å²) in [6, 6.07) is 4.55. The first-order chi connectivity index (χ1) is 10.2. The van der Waals surface area contributed by atoms with E-state index < -0.39 is 0 Å². The van der Waals surface area contributed by atoms with Crippen molar-refractivity contribution in [2.24, 2.45) is 0 Å². The fourth-order valence-corrected chi connectivity index (χ4v) is 2.65. The van der Waals surface area contributed by atoms with Crippen molar-refractivity contribution >= 4 is 28.1 Å². The van der Waals surface area contributed by atoms with Crippen LogP contribution >= 0.6 is 11.3 Å². The van der Waals surface area contributed by atoms with Crippen LogP contribution in [0.1, 0.15) is 18.4 Å². The third-order valence-corrected chi connectivity index (χ3v) is 3.82. The molecule has 0 fully saturated rings. The Morgan fingerprint density at radius 1 is 1.24 bits per heavy atom. The molecular formula is C15H15FN4S. The molecular weight excluding hydrogens is 287 g/mol. The molecule has 0 amide bonds. The summed E-state index contributed by atoms with van der Waals surface area (Å²) in [6.07, 6.45) is 0.964. The van der Waals surface area contributed by atoms with Gasteiger partial charge in [-0.2, -0.15) is 0 Å². The Bertz CT molecular complexity index is 784. The van der Waals surface area contributed by atoms with Crippen molar-refractivity contribution in [2.45, 2.75) is 20.3 Å². The number of anilines is 1. The standard InChI is InChI=1S/C15H15FN4S/c1-3-6-17-14-11-7-10(16)4-5-12(11)19-15(20-14)13-8-21-9(2)18-13/h4-5,7-8H,3,6H2,1-2H3,(H,17,19,20). The predicted octanol–water partition coefficient (Wildman–Crippen LogP) is 4.02. The van der Waals surface area contributed by atoms with E-state index in [0.717, 1.165) is 23.7 Å². The molecule has 0 saturated heterocycles. The van der Waals surface area contributed by atoms with Gasteiger partial charge in [0.2, 0.25) is 0 Å². The minimum absolute atomic E-state index is 0.289. The van der Waals surface area contributed by atoms with E-state index in [9.17, 15) is 4.39 Å². The van der Waals surface area contributed by atoms with E-state index in [1.165, 1.54) is 12.1 Å². The second-order valence-corrected chi connectivity index (χ2v) is 5.80. The van der Waals surface area contributed by atoms with Crippen LogP contribution < -0.4 is 5.32 Å². The normalized spacial score (nSPS) is 11.0. The van der Waals surface area contributed by atoms with Gasteiger partial charge in [0, 0.05) is 17.3 Å². The van der Waals surface area contributed by atoms with E-state index in [-0.39, 0.29) is 5.82 Å². The van der Waals surface area contributed by atoms with Gasteiger partial charge in [0.1, 0.15) is 17.3 Å². The van der Waals surface area contributed by atoms with Crippen molar-refractivity contribution in [3.63, 3.8) is 0 Å². The molecule has 6 heteroatoms. The fourth-order valence-electron chi connectivity index (χ4n) is 2.06. The molecule has 2 aromatic heterocycles. The van der Waals surface area contributed by atoms with E-state index >= 15 is 0 Å². The Morgan fingerprint density at radius 3 is 2.81 bits per heavy atom. The second-order valence-electron chi connectivity index (χ2n) is 4.74. The molecule has 2 heterocycles. The maximum Gasteiger partial charge on any atom is 0.181 e. The lowest BCUT2D eigenvalue weighted by Gasteiger charge is -2.09. The molecule has 0 bridgehead atoms. The van der Waals surface area contributed by atoms with Gasteiger partial charge in [-0.1, -0.05) is 6.92 Å². The average molecular weight is 302 g/mol. The van der Waals surface area contributed by atoms with Gasteiger partial charge in [0.25, 0.3) is 0 Å². The summed E-state index contributed by atoms with van der Waals surface area (Å²) in [4.78, 5) is 13.4. The summed E-state index contributed by atoms with van der Waals surface area (Å²) >= 11 is 1.56. The number of fused-ring (bicyclic) bond motifs is 1. The predicted molar refractivity (Wildman–Crippen MR) is 84.1 cm³/mol. The van der Waals surface area contributed by atoms with Gasteiger partial charge in [-0.05, 0) is 31.5 Å². The minimum atomic E-state index is -0.289. The molecule has 1 aromatic carbocycles. The highest BCUT2D eigenvalue weighted by atomic mass is 32.1. The minimum Gasteiger partial charge on any atom is -0.369 e. The van der Waals surface area contributed by atoms with E-state index in [1.807, 2.05) is 12.3 Å². The van der Waals surface area contributed by atoms with Crippen molar-refractivity contribution in [3.05, 3.63) is 34.4 Å². The first-order valence-electron chi connectivity index (χ1n) is 6.81. The third kappa shape index (κ3) is 2.85. The molecule has 0 spiro atoms. The zero-order valence-corrected chi connectivity index (χ0v) is 12.7. The highest BCUT2D eigenvalue weighted by Crippen LogP contribution is 2.26. The van der Waals surface area contributed by atoms with Gasteiger partial charge in [0.15, 0.2) is 5.82 Å². The van der Waals surface area contributed by atoms with Crippen LogP contribution in [-0.4, -0.2) is 21.5 Å². The van der Waals surface area contributed by atoms with Crippen molar-refractivity contribution < 1.29 is 4.39 Å². The van der Waals surface area contributed by atoms with Gasteiger partial charge in [0.05, 0.1) is 10.5 Å². The number of hydrogen-bond acceptors (Lipinski definition) is 5. The Balaban J connectivity index is 2.16. The molecule has 0 atom stereocenters. The number of hydrogen-bond donors (Lipinski definition) is 1. The molecule has 3 rings (SSSR count). The summed E-state index contributed by atoms with van der Waals surface area (Å²) in [5.74, 6) is 0.932. The first kappa shape index (κ1) is 13.9. The van der Waals surface area contributed by atoms with Gasteiger partial charge in [-0.25, -0.2) is 19.3 Å². The topological polar surface area (TPSA) is 50.7 Å². The largest absolute Gasteiger partial charge is 0.369 e. The second kappa shape index (κ2) is 5.73. The van der Waals surface area contributed by atoms with Crippen LogP contribution in [-0.2, 0) is 0 Å². The molecule has 3 aromatic rings. The van der Waals surface area contributed by atoms with Gasteiger partial charge in [-0.15, -0.1) is 11.3 Å². The maximum atomic E-state index is 13.5. The van der Waals surface area contributed by atoms with Crippen LogP contribution in [0.3, 0.4) is 0 Å². The maximum absolute atomic E-state index is 13.5. The molecule has 0 aliphatic heterocycles. The number of nitrogens with one attached hydrogen (secondary N) is 1. The molecule has 0 unspecified atom stereocenters. The number of thiazole rings is 1. The third-order valence-electron chi connectivity index (χ3n) is 3.05. The molecule has 1 N–H and O–H groups in total. The van der Waals surface area contributed by atoms with Gasteiger partial charge < -0.3 is 5.32 Å². The van der Waals surface area contributed by atoms with Crippen molar-refractivity contribution in [1.29, 1.82) is 0 Å². The van der Waals surface area contributed by atoms with Crippen LogP contribution in [0.5, 0.6) is 0 Å². The Kier molecular flexibility index (Phi) is 3.79. The molecule has 0 radical (unpaired) electrons. The van der Waals surface area contributed by atoms with E-state index in [4.69, 9.17) is 0 Å². The lowest BCUT2D eigenvalue weighted by Crippen LogP contribution is -2.05. The van der Waals surface area contributed by atoms with E-state index in [1.54, 1.807) is 17.4 Å².